The molecule has 2 N–H and O–H groups in total. The Morgan fingerprint density at radius 1 is 1.09 bits per heavy atom. The van der Waals surface area contributed by atoms with Crippen LogP contribution in [0.3, 0.4) is 0 Å². The first-order valence-electron chi connectivity index (χ1n) is 16.9. The topological polar surface area (TPSA) is 160 Å². The summed E-state index contributed by atoms with van der Waals surface area (Å²) in [4.78, 5) is 56.8. The minimum atomic E-state index is -4.65. The molecule has 3 aromatic heterocycles. The number of nitrogens with zero attached hydrogens (tertiary/aromatic N) is 8. The first-order valence-corrected chi connectivity index (χ1v) is 17.3. The number of rotatable bonds is 7. The number of aryl methyl sites for hydroxylation is 1. The molecule has 1 fully saturated rings. The van der Waals surface area contributed by atoms with Crippen LogP contribution in [-0.2, 0) is 41.7 Å². The number of hydrogen-bond donors (Lipinski definition) is 2. The summed E-state index contributed by atoms with van der Waals surface area (Å²) in [5.74, 6) is -2.28. The van der Waals surface area contributed by atoms with Gasteiger partial charge in [0.15, 0.2) is 17.3 Å². The predicted molar refractivity (Wildman–Crippen MR) is 187 cm³/mol. The number of carbonyl (C=O) groups is 2. The summed E-state index contributed by atoms with van der Waals surface area (Å²) < 4.78 is 63.5. The van der Waals surface area contributed by atoms with Crippen molar-refractivity contribution in [1.29, 1.82) is 0 Å². The van der Waals surface area contributed by atoms with Crippen LogP contribution in [0.15, 0.2) is 41.5 Å². The third-order valence-corrected chi connectivity index (χ3v) is 9.77. The van der Waals surface area contributed by atoms with Gasteiger partial charge in [-0.25, -0.2) is 14.4 Å². The fourth-order valence-corrected chi connectivity index (χ4v) is 6.90. The van der Waals surface area contributed by atoms with Crippen molar-refractivity contribution in [2.24, 2.45) is 0 Å². The number of nitrogens with one attached hydrogen (secondary N) is 1. The van der Waals surface area contributed by atoms with E-state index in [9.17, 15) is 32.7 Å². The van der Waals surface area contributed by atoms with Gasteiger partial charge in [-0.1, -0.05) is 24.6 Å². The first-order chi connectivity index (χ1) is 25.8. The summed E-state index contributed by atoms with van der Waals surface area (Å²) >= 11 is 6.12. The molecule has 0 unspecified atom stereocenters. The number of halogens is 5. The third-order valence-electron chi connectivity index (χ3n) is 9.46. The van der Waals surface area contributed by atoms with Gasteiger partial charge in [0.05, 0.1) is 46.4 Å². The predicted octanol–water partition coefficient (Wildman–Crippen LogP) is 4.41. The van der Waals surface area contributed by atoms with Crippen molar-refractivity contribution in [1.82, 2.24) is 34.0 Å². The molecule has 0 aliphatic carbocycles. The van der Waals surface area contributed by atoms with Gasteiger partial charge < -0.3 is 29.5 Å². The lowest BCUT2D eigenvalue weighted by molar-refractivity contribution is -0.137. The number of ether oxygens (including phenoxy) is 1. The molecular weight excluding hydrogens is 738 g/mol. The van der Waals surface area contributed by atoms with Crippen molar-refractivity contribution < 1.29 is 37.0 Å². The highest BCUT2D eigenvalue weighted by Gasteiger charge is 2.33. The maximum Gasteiger partial charge on any atom is 0.416 e. The molecule has 0 spiro atoms. The van der Waals surface area contributed by atoms with Crippen LogP contribution in [0.1, 0.15) is 45.5 Å². The van der Waals surface area contributed by atoms with Crippen LogP contribution in [0.5, 0.6) is 5.75 Å². The Morgan fingerprint density at radius 3 is 2.56 bits per heavy atom. The first kappa shape index (κ1) is 36.7. The second-order valence-electron chi connectivity index (χ2n) is 12.7. The largest absolute Gasteiger partial charge is 0.504 e. The SMILES string of the molecule is CCc1c(N2CCN(C(=O)c3ncnc(C)c3O)CC2)c(=O)n2nc(-c3ccc4c(c3F)CCOC4)nc2n1CC(=O)Nc1ccc(C(F)(F)F)cc1Cl. The van der Waals surface area contributed by atoms with Crippen molar-refractivity contribution >= 4 is 40.6 Å². The zero-order valence-electron chi connectivity index (χ0n) is 28.9. The van der Waals surface area contributed by atoms with E-state index in [1.165, 1.54) is 21.9 Å². The number of piperazine rings is 1. The maximum absolute atomic E-state index is 15.9. The summed E-state index contributed by atoms with van der Waals surface area (Å²) in [5, 5.41) is 17.0. The van der Waals surface area contributed by atoms with Crippen LogP contribution in [0.25, 0.3) is 17.2 Å². The summed E-state index contributed by atoms with van der Waals surface area (Å²) in [5.41, 5.74) is 0.146. The van der Waals surface area contributed by atoms with Crippen molar-refractivity contribution in [3.05, 3.63) is 91.6 Å². The third kappa shape index (κ3) is 6.70. The quantitative estimate of drug-likeness (QED) is 0.227. The molecule has 1 saturated heterocycles. The molecule has 0 atom stereocenters. The number of aromatic hydroxyl groups is 1. The number of alkyl halides is 3. The van der Waals surface area contributed by atoms with E-state index in [-0.39, 0.29) is 89.9 Å². The van der Waals surface area contributed by atoms with Gasteiger partial charge >= 0.3 is 6.18 Å². The zero-order chi connectivity index (χ0) is 38.5. The molecule has 2 aliphatic heterocycles. The lowest BCUT2D eigenvalue weighted by atomic mass is 9.99. The minimum Gasteiger partial charge on any atom is -0.504 e. The molecule has 5 aromatic rings. The summed E-state index contributed by atoms with van der Waals surface area (Å²) in [6, 6.07) is 5.74. The van der Waals surface area contributed by atoms with Gasteiger partial charge in [0.2, 0.25) is 11.7 Å². The van der Waals surface area contributed by atoms with E-state index in [2.05, 4.69) is 25.4 Å². The molecule has 0 radical (unpaired) electrons. The molecule has 54 heavy (non-hydrogen) atoms. The Kier molecular flexibility index (Phi) is 9.74. The maximum atomic E-state index is 15.9. The van der Waals surface area contributed by atoms with E-state index in [1.807, 2.05) is 0 Å². The van der Waals surface area contributed by atoms with Crippen LogP contribution in [0.4, 0.5) is 28.9 Å². The van der Waals surface area contributed by atoms with Crippen LogP contribution in [-0.4, -0.2) is 83.7 Å². The Morgan fingerprint density at radius 2 is 1.85 bits per heavy atom. The van der Waals surface area contributed by atoms with Crippen LogP contribution in [0.2, 0.25) is 5.02 Å². The number of carbonyl (C=O) groups excluding carboxylic acids is 2. The number of benzene rings is 2. The van der Waals surface area contributed by atoms with Gasteiger partial charge in [-0.2, -0.15) is 22.7 Å². The van der Waals surface area contributed by atoms with Gasteiger partial charge in [-0.3, -0.25) is 14.4 Å². The van der Waals surface area contributed by atoms with E-state index in [4.69, 9.17) is 16.3 Å². The van der Waals surface area contributed by atoms with E-state index in [0.717, 1.165) is 16.6 Å². The Hall–Kier alpha value is -5.62. The molecule has 282 valence electrons. The Labute approximate surface area is 309 Å². The smallest absolute Gasteiger partial charge is 0.416 e. The highest BCUT2D eigenvalue weighted by molar-refractivity contribution is 6.33. The highest BCUT2D eigenvalue weighted by atomic mass is 35.5. The molecule has 2 aromatic carbocycles. The molecular formula is C35H32ClF4N9O5. The summed E-state index contributed by atoms with van der Waals surface area (Å²) in [6.45, 7) is 4.02. The number of amides is 2. The number of aromatic nitrogens is 6. The second kappa shape index (κ2) is 14.3. The van der Waals surface area contributed by atoms with Gasteiger partial charge in [-0.15, -0.1) is 5.10 Å². The zero-order valence-corrected chi connectivity index (χ0v) is 29.6. The lowest BCUT2D eigenvalue weighted by Crippen LogP contribution is -2.51. The van der Waals surface area contributed by atoms with Gasteiger partial charge in [0.1, 0.15) is 24.4 Å². The number of fused-ring (bicyclic) bond motifs is 2. The van der Waals surface area contributed by atoms with Gasteiger partial charge in [0.25, 0.3) is 11.5 Å². The van der Waals surface area contributed by atoms with Crippen molar-refractivity contribution in [3.63, 3.8) is 0 Å². The fraction of sp³-hybridized carbons (Fsp3) is 0.343. The number of anilines is 2. The Bertz CT molecular complexity index is 2370. The molecule has 5 heterocycles. The normalized spacial score (nSPS) is 14.7. The van der Waals surface area contributed by atoms with Crippen molar-refractivity contribution in [2.45, 2.75) is 46.0 Å². The molecule has 7 rings (SSSR count). The highest BCUT2D eigenvalue weighted by Crippen LogP contribution is 2.34. The van der Waals surface area contributed by atoms with Crippen molar-refractivity contribution in [3.8, 4) is 17.1 Å². The molecule has 0 bridgehead atoms. The standard InChI is InChI=1S/C35H32ClF4N9O5/c1-3-25-29(46-9-11-47(12-10-46)32(52)28-30(51)18(2)41-17-42-28)33(53)49-34(44-31(45-49)22-6-4-19-16-54-13-8-21(19)27(22)37)48(25)15-26(50)43-24-7-5-20(14-23(24)36)35(38,39)40/h4-7,14,17,51H,3,8-13,15-16H2,1-2H3,(H,43,50). The van der Waals surface area contributed by atoms with E-state index >= 15 is 4.39 Å². The van der Waals surface area contributed by atoms with Crippen molar-refractivity contribution in [2.75, 3.05) is 43.0 Å². The monoisotopic (exact) mass is 769 g/mol. The van der Waals surface area contributed by atoms with Gasteiger partial charge in [-0.05, 0) is 55.2 Å². The number of hydrogen-bond acceptors (Lipinski definition) is 10. The lowest BCUT2D eigenvalue weighted by Gasteiger charge is -2.36. The fourth-order valence-electron chi connectivity index (χ4n) is 6.67. The molecule has 2 amide bonds. The van der Waals surface area contributed by atoms with Crippen LogP contribution >= 0.6 is 11.6 Å². The summed E-state index contributed by atoms with van der Waals surface area (Å²) in [6.07, 6.45) is -2.93. The molecule has 14 nitrogen and oxygen atoms in total. The van der Waals surface area contributed by atoms with E-state index < -0.39 is 41.5 Å². The van der Waals surface area contributed by atoms with Crippen LogP contribution < -0.4 is 15.8 Å². The second-order valence-corrected chi connectivity index (χ2v) is 13.1. The average molecular weight is 770 g/mol. The average Bonchev–Trinajstić information content (AvgIpc) is 3.60. The van der Waals surface area contributed by atoms with Crippen LogP contribution in [0, 0.1) is 12.7 Å². The van der Waals surface area contributed by atoms with E-state index in [1.54, 1.807) is 24.8 Å². The van der Waals surface area contributed by atoms with E-state index in [0.29, 0.717) is 35.9 Å². The Balaban J connectivity index is 1.27. The molecule has 19 heteroatoms. The van der Waals surface area contributed by atoms with Gasteiger partial charge in [0, 0.05) is 26.2 Å². The minimum absolute atomic E-state index is 0.0428. The molecule has 2 aliphatic rings. The molecule has 0 saturated carbocycles. The summed E-state index contributed by atoms with van der Waals surface area (Å²) in [7, 11) is 0.